The van der Waals surface area contributed by atoms with Crippen molar-refractivity contribution in [1.82, 2.24) is 0 Å². The second kappa shape index (κ2) is 13.0. The molecule has 0 aromatic heterocycles. The van der Waals surface area contributed by atoms with Crippen LogP contribution in [0.2, 0.25) is 0 Å². The molecular formula is C15H33N. The largest absolute Gasteiger partial charge is 0.330 e. The maximum atomic E-state index is 5.75. The van der Waals surface area contributed by atoms with Gasteiger partial charge in [-0.05, 0) is 25.3 Å². The molecule has 2 N–H and O–H groups in total. The number of nitrogens with two attached hydrogens (primary N) is 1. The zero-order chi connectivity index (χ0) is 12.1. The summed E-state index contributed by atoms with van der Waals surface area (Å²) >= 11 is 0. The molecule has 0 saturated heterocycles. The van der Waals surface area contributed by atoms with Crippen LogP contribution in [0.15, 0.2) is 0 Å². The normalized spacial score (nSPS) is 12.9. The fraction of sp³-hybridized carbons (Fsp3) is 1.00. The van der Waals surface area contributed by atoms with E-state index in [1.54, 1.807) is 0 Å². The lowest BCUT2D eigenvalue weighted by atomic mass is 9.96. The average molecular weight is 227 g/mol. The van der Waals surface area contributed by atoms with E-state index in [9.17, 15) is 0 Å². The summed E-state index contributed by atoms with van der Waals surface area (Å²) in [4.78, 5) is 0. The monoisotopic (exact) mass is 227 g/mol. The Morgan fingerprint density at radius 2 is 1.25 bits per heavy atom. The predicted molar refractivity (Wildman–Crippen MR) is 74.7 cm³/mol. The van der Waals surface area contributed by atoms with Gasteiger partial charge in [0.25, 0.3) is 0 Å². The molecule has 16 heavy (non-hydrogen) atoms. The second-order valence-corrected chi connectivity index (χ2v) is 5.15. The Bertz CT molecular complexity index is 123. The van der Waals surface area contributed by atoms with Crippen molar-refractivity contribution in [2.45, 2.75) is 84.5 Å². The number of unbranched alkanes of at least 4 members (excludes halogenated alkanes) is 7. The fourth-order valence-electron chi connectivity index (χ4n) is 2.36. The molecule has 0 rings (SSSR count). The Balaban J connectivity index is 3.12. The van der Waals surface area contributed by atoms with Crippen molar-refractivity contribution in [3.8, 4) is 0 Å². The molecule has 0 radical (unpaired) electrons. The van der Waals surface area contributed by atoms with Crippen molar-refractivity contribution in [1.29, 1.82) is 0 Å². The van der Waals surface area contributed by atoms with Crippen molar-refractivity contribution in [3.63, 3.8) is 0 Å². The lowest BCUT2D eigenvalue weighted by Gasteiger charge is -2.12. The highest BCUT2D eigenvalue weighted by atomic mass is 14.5. The van der Waals surface area contributed by atoms with Gasteiger partial charge in [0.2, 0.25) is 0 Å². The van der Waals surface area contributed by atoms with Crippen molar-refractivity contribution in [2.75, 3.05) is 6.54 Å². The second-order valence-electron chi connectivity index (χ2n) is 5.15. The van der Waals surface area contributed by atoms with Crippen LogP contribution in [0.4, 0.5) is 0 Å². The first-order chi connectivity index (χ1) is 7.85. The molecule has 0 amide bonds. The summed E-state index contributed by atoms with van der Waals surface area (Å²) in [5, 5.41) is 0. The molecule has 0 heterocycles. The van der Waals surface area contributed by atoms with Crippen LogP contribution in [0.5, 0.6) is 0 Å². The Labute approximate surface area is 103 Å². The van der Waals surface area contributed by atoms with Gasteiger partial charge in [0.05, 0.1) is 0 Å². The Hall–Kier alpha value is -0.0400. The van der Waals surface area contributed by atoms with E-state index in [-0.39, 0.29) is 0 Å². The molecule has 0 aliphatic rings. The zero-order valence-corrected chi connectivity index (χ0v) is 11.6. The SMILES string of the molecule is CCCCCCCCCCC(CN)CCC. The summed E-state index contributed by atoms with van der Waals surface area (Å²) in [6.07, 6.45) is 15.4. The van der Waals surface area contributed by atoms with Crippen LogP contribution < -0.4 is 5.73 Å². The van der Waals surface area contributed by atoms with Crippen LogP contribution in [0.1, 0.15) is 84.5 Å². The summed E-state index contributed by atoms with van der Waals surface area (Å²) in [5.41, 5.74) is 5.75. The molecular weight excluding hydrogens is 194 g/mol. The van der Waals surface area contributed by atoms with E-state index in [2.05, 4.69) is 13.8 Å². The molecule has 98 valence electrons. The van der Waals surface area contributed by atoms with Crippen LogP contribution in [0, 0.1) is 5.92 Å². The van der Waals surface area contributed by atoms with Crippen LogP contribution in [-0.4, -0.2) is 6.54 Å². The molecule has 0 aromatic rings. The third-order valence-electron chi connectivity index (χ3n) is 3.50. The molecule has 0 saturated carbocycles. The molecule has 1 nitrogen and oxygen atoms in total. The lowest BCUT2D eigenvalue weighted by Crippen LogP contribution is -2.13. The molecule has 0 aliphatic carbocycles. The standard InChI is InChI=1S/C15H33N/c1-3-5-6-7-8-9-10-11-13-15(14-16)12-4-2/h15H,3-14,16H2,1-2H3. The third-order valence-corrected chi connectivity index (χ3v) is 3.50. The number of hydrogen-bond donors (Lipinski definition) is 1. The van der Waals surface area contributed by atoms with E-state index < -0.39 is 0 Å². The fourth-order valence-corrected chi connectivity index (χ4v) is 2.36. The predicted octanol–water partition coefficient (Wildman–Crippen LogP) is 4.89. The maximum absolute atomic E-state index is 5.75. The third kappa shape index (κ3) is 10.5. The smallest absolute Gasteiger partial charge is 0.00489 e. The minimum Gasteiger partial charge on any atom is -0.330 e. The Kier molecular flexibility index (Phi) is 13.0. The minimum absolute atomic E-state index is 0.796. The van der Waals surface area contributed by atoms with E-state index in [1.807, 2.05) is 0 Å². The summed E-state index contributed by atoms with van der Waals surface area (Å²) in [7, 11) is 0. The highest BCUT2D eigenvalue weighted by Crippen LogP contribution is 2.15. The molecule has 0 fully saturated rings. The van der Waals surface area contributed by atoms with Crippen LogP contribution in [0.25, 0.3) is 0 Å². The van der Waals surface area contributed by atoms with E-state index in [0.29, 0.717) is 0 Å². The van der Waals surface area contributed by atoms with Gasteiger partial charge in [-0.1, -0.05) is 71.6 Å². The van der Waals surface area contributed by atoms with Crippen LogP contribution >= 0.6 is 0 Å². The molecule has 0 bridgehead atoms. The summed E-state index contributed by atoms with van der Waals surface area (Å²) in [5.74, 6) is 0.796. The van der Waals surface area contributed by atoms with E-state index >= 15 is 0 Å². The van der Waals surface area contributed by atoms with Gasteiger partial charge in [0.15, 0.2) is 0 Å². The average Bonchev–Trinajstić information content (AvgIpc) is 2.31. The van der Waals surface area contributed by atoms with Gasteiger partial charge >= 0.3 is 0 Å². The number of rotatable bonds is 12. The Morgan fingerprint density at radius 3 is 1.75 bits per heavy atom. The van der Waals surface area contributed by atoms with Gasteiger partial charge in [-0.25, -0.2) is 0 Å². The lowest BCUT2D eigenvalue weighted by molar-refractivity contribution is 0.427. The van der Waals surface area contributed by atoms with Gasteiger partial charge in [0.1, 0.15) is 0 Å². The van der Waals surface area contributed by atoms with Crippen LogP contribution in [-0.2, 0) is 0 Å². The first-order valence-corrected chi connectivity index (χ1v) is 7.55. The van der Waals surface area contributed by atoms with Crippen molar-refractivity contribution < 1.29 is 0 Å². The molecule has 1 unspecified atom stereocenters. The van der Waals surface area contributed by atoms with Gasteiger partial charge in [-0.3, -0.25) is 0 Å². The quantitative estimate of drug-likeness (QED) is 0.472. The van der Waals surface area contributed by atoms with E-state index in [4.69, 9.17) is 5.73 Å². The first-order valence-electron chi connectivity index (χ1n) is 7.55. The Morgan fingerprint density at radius 1 is 0.688 bits per heavy atom. The molecule has 1 heteroatoms. The minimum atomic E-state index is 0.796. The van der Waals surface area contributed by atoms with E-state index in [0.717, 1.165) is 12.5 Å². The highest BCUT2D eigenvalue weighted by molar-refractivity contribution is 4.59. The van der Waals surface area contributed by atoms with Crippen LogP contribution in [0.3, 0.4) is 0 Å². The van der Waals surface area contributed by atoms with Crippen molar-refractivity contribution >= 4 is 0 Å². The first kappa shape index (κ1) is 16.0. The van der Waals surface area contributed by atoms with Gasteiger partial charge in [0, 0.05) is 0 Å². The highest BCUT2D eigenvalue weighted by Gasteiger charge is 2.04. The van der Waals surface area contributed by atoms with Crippen molar-refractivity contribution in [3.05, 3.63) is 0 Å². The molecule has 0 spiro atoms. The summed E-state index contributed by atoms with van der Waals surface area (Å²) in [6, 6.07) is 0. The van der Waals surface area contributed by atoms with Gasteiger partial charge in [-0.15, -0.1) is 0 Å². The molecule has 1 atom stereocenters. The zero-order valence-electron chi connectivity index (χ0n) is 11.6. The molecule has 0 aliphatic heterocycles. The summed E-state index contributed by atoms with van der Waals surface area (Å²) in [6.45, 7) is 5.43. The maximum Gasteiger partial charge on any atom is -0.00489 e. The van der Waals surface area contributed by atoms with E-state index in [1.165, 1.54) is 70.6 Å². The van der Waals surface area contributed by atoms with Gasteiger partial charge < -0.3 is 5.73 Å². The van der Waals surface area contributed by atoms with Crippen molar-refractivity contribution in [2.24, 2.45) is 11.7 Å². The topological polar surface area (TPSA) is 26.0 Å². The van der Waals surface area contributed by atoms with Gasteiger partial charge in [-0.2, -0.15) is 0 Å². The number of hydrogen-bond acceptors (Lipinski definition) is 1. The summed E-state index contributed by atoms with van der Waals surface area (Å²) < 4.78 is 0. The molecule has 0 aromatic carbocycles.